The zero-order chi connectivity index (χ0) is 11.7. The van der Waals surface area contributed by atoms with Crippen molar-refractivity contribution in [3.8, 4) is 0 Å². The fourth-order valence-electron chi connectivity index (χ4n) is 1.61. The quantitative estimate of drug-likeness (QED) is 0.697. The van der Waals surface area contributed by atoms with E-state index in [2.05, 4.69) is 5.32 Å². The Hall–Kier alpha value is -2.17. The van der Waals surface area contributed by atoms with Gasteiger partial charge in [-0.15, -0.1) is 0 Å². The molecule has 1 aliphatic heterocycles. The molecule has 16 heavy (non-hydrogen) atoms. The standard InChI is InChI=1S/C11H10N2O3/c1-13-10(15)8(9(14)12-11(13)16)7-5-3-2-4-6-7/h2-6,8H,1H3,(H,12,14,16)/t8-/m0/s1. The van der Waals surface area contributed by atoms with Crippen molar-refractivity contribution in [1.82, 2.24) is 10.2 Å². The summed E-state index contributed by atoms with van der Waals surface area (Å²) in [5, 5.41) is 2.14. The summed E-state index contributed by atoms with van der Waals surface area (Å²) >= 11 is 0. The highest BCUT2D eigenvalue weighted by Crippen LogP contribution is 2.21. The van der Waals surface area contributed by atoms with Crippen molar-refractivity contribution < 1.29 is 14.4 Å². The normalized spacial score (nSPS) is 20.9. The summed E-state index contributed by atoms with van der Waals surface area (Å²) in [6.07, 6.45) is 0. The first kappa shape index (κ1) is 10.4. The Kier molecular flexibility index (Phi) is 2.44. The molecule has 4 amide bonds. The highest BCUT2D eigenvalue weighted by molar-refractivity contribution is 6.19. The molecule has 1 fully saturated rings. The van der Waals surface area contributed by atoms with Gasteiger partial charge in [0.05, 0.1) is 0 Å². The van der Waals surface area contributed by atoms with Gasteiger partial charge in [-0.1, -0.05) is 30.3 Å². The molecule has 0 saturated carbocycles. The molecule has 0 bridgehead atoms. The average molecular weight is 218 g/mol. The molecule has 2 rings (SSSR count). The Morgan fingerprint density at radius 3 is 2.38 bits per heavy atom. The summed E-state index contributed by atoms with van der Waals surface area (Å²) in [6, 6.07) is 7.97. The molecule has 0 aliphatic carbocycles. The number of carbonyl (C=O) groups excluding carboxylic acids is 3. The lowest BCUT2D eigenvalue weighted by atomic mass is 9.95. The van der Waals surface area contributed by atoms with Crippen molar-refractivity contribution in [3.05, 3.63) is 35.9 Å². The first-order valence-electron chi connectivity index (χ1n) is 4.78. The third-order valence-electron chi connectivity index (χ3n) is 2.51. The van der Waals surface area contributed by atoms with Crippen LogP contribution in [0.4, 0.5) is 4.79 Å². The third kappa shape index (κ3) is 1.56. The number of hydrogen-bond acceptors (Lipinski definition) is 3. The molecule has 0 spiro atoms. The highest BCUT2D eigenvalue weighted by atomic mass is 16.2. The van der Waals surface area contributed by atoms with Gasteiger partial charge in [-0.3, -0.25) is 19.8 Å². The van der Waals surface area contributed by atoms with Crippen molar-refractivity contribution in [2.45, 2.75) is 5.92 Å². The van der Waals surface area contributed by atoms with E-state index in [0.717, 1.165) is 4.90 Å². The van der Waals surface area contributed by atoms with Crippen LogP contribution in [0.25, 0.3) is 0 Å². The Morgan fingerprint density at radius 1 is 1.12 bits per heavy atom. The Balaban J connectivity index is 2.38. The summed E-state index contributed by atoms with van der Waals surface area (Å²) < 4.78 is 0. The number of amides is 4. The number of imide groups is 2. The van der Waals surface area contributed by atoms with Gasteiger partial charge in [0.15, 0.2) is 0 Å². The predicted octanol–water partition coefficient (Wildman–Crippen LogP) is 0.478. The molecule has 0 radical (unpaired) electrons. The van der Waals surface area contributed by atoms with E-state index in [1.807, 2.05) is 0 Å². The van der Waals surface area contributed by atoms with Gasteiger partial charge < -0.3 is 0 Å². The zero-order valence-electron chi connectivity index (χ0n) is 8.64. The highest BCUT2D eigenvalue weighted by Gasteiger charge is 2.39. The Morgan fingerprint density at radius 2 is 1.75 bits per heavy atom. The van der Waals surface area contributed by atoms with E-state index in [1.54, 1.807) is 30.3 Å². The van der Waals surface area contributed by atoms with E-state index < -0.39 is 23.8 Å². The van der Waals surface area contributed by atoms with Crippen molar-refractivity contribution in [1.29, 1.82) is 0 Å². The number of benzene rings is 1. The second-order valence-corrected chi connectivity index (χ2v) is 3.54. The largest absolute Gasteiger partial charge is 0.330 e. The van der Waals surface area contributed by atoms with E-state index in [0.29, 0.717) is 5.56 Å². The topological polar surface area (TPSA) is 66.5 Å². The van der Waals surface area contributed by atoms with Gasteiger partial charge in [-0.2, -0.15) is 0 Å². The molecule has 1 aromatic rings. The molecule has 1 saturated heterocycles. The second-order valence-electron chi connectivity index (χ2n) is 3.54. The van der Waals surface area contributed by atoms with Gasteiger partial charge in [0.2, 0.25) is 11.8 Å². The van der Waals surface area contributed by atoms with Crippen LogP contribution in [-0.4, -0.2) is 29.8 Å². The lowest BCUT2D eigenvalue weighted by Crippen LogP contribution is -2.55. The fraction of sp³-hybridized carbons (Fsp3) is 0.182. The van der Waals surface area contributed by atoms with E-state index in [-0.39, 0.29) is 0 Å². The average Bonchev–Trinajstić information content (AvgIpc) is 2.28. The number of likely N-dealkylation sites (N-methyl/N-ethyl adjacent to an activating group) is 1. The van der Waals surface area contributed by atoms with Gasteiger partial charge in [0, 0.05) is 7.05 Å². The minimum Gasteiger partial charge on any atom is -0.277 e. The van der Waals surface area contributed by atoms with Crippen LogP contribution in [0.2, 0.25) is 0 Å². The summed E-state index contributed by atoms with van der Waals surface area (Å²) in [5.74, 6) is -2.00. The van der Waals surface area contributed by atoms with E-state index >= 15 is 0 Å². The number of rotatable bonds is 1. The van der Waals surface area contributed by atoms with E-state index in [9.17, 15) is 14.4 Å². The molecule has 1 heterocycles. The molecule has 1 atom stereocenters. The molecular weight excluding hydrogens is 208 g/mol. The molecule has 1 N–H and O–H groups in total. The van der Waals surface area contributed by atoms with Crippen LogP contribution < -0.4 is 5.32 Å². The van der Waals surface area contributed by atoms with Gasteiger partial charge in [-0.05, 0) is 5.56 Å². The molecular formula is C11H10N2O3. The van der Waals surface area contributed by atoms with Crippen LogP contribution in [0.1, 0.15) is 11.5 Å². The van der Waals surface area contributed by atoms with Crippen molar-refractivity contribution >= 4 is 17.8 Å². The summed E-state index contributed by atoms with van der Waals surface area (Å²) in [7, 11) is 1.35. The number of carbonyl (C=O) groups is 3. The van der Waals surface area contributed by atoms with E-state index in [1.165, 1.54) is 7.05 Å². The van der Waals surface area contributed by atoms with Crippen LogP contribution in [0.5, 0.6) is 0 Å². The maximum atomic E-state index is 11.8. The monoisotopic (exact) mass is 218 g/mol. The molecule has 5 nitrogen and oxygen atoms in total. The van der Waals surface area contributed by atoms with Crippen molar-refractivity contribution in [2.24, 2.45) is 0 Å². The van der Waals surface area contributed by atoms with Crippen molar-refractivity contribution in [2.75, 3.05) is 7.05 Å². The second kappa shape index (κ2) is 3.77. The maximum absolute atomic E-state index is 11.8. The first-order chi connectivity index (χ1) is 7.61. The zero-order valence-corrected chi connectivity index (χ0v) is 8.64. The lowest BCUT2D eigenvalue weighted by Gasteiger charge is -2.27. The fourth-order valence-corrected chi connectivity index (χ4v) is 1.61. The maximum Gasteiger partial charge on any atom is 0.330 e. The Labute approximate surface area is 92.0 Å². The number of nitrogens with one attached hydrogen (secondary N) is 1. The summed E-state index contributed by atoms with van der Waals surface area (Å²) in [6.45, 7) is 0. The van der Waals surface area contributed by atoms with Gasteiger partial charge in [-0.25, -0.2) is 4.79 Å². The number of barbiturate groups is 1. The molecule has 1 aromatic carbocycles. The minimum atomic E-state index is -0.927. The van der Waals surface area contributed by atoms with Crippen LogP contribution in [0.15, 0.2) is 30.3 Å². The molecule has 1 aliphatic rings. The predicted molar refractivity (Wildman–Crippen MR) is 55.5 cm³/mol. The smallest absolute Gasteiger partial charge is 0.277 e. The van der Waals surface area contributed by atoms with Gasteiger partial charge >= 0.3 is 6.03 Å². The molecule has 0 unspecified atom stereocenters. The first-order valence-corrected chi connectivity index (χ1v) is 4.78. The minimum absolute atomic E-state index is 0.500. The molecule has 0 aromatic heterocycles. The summed E-state index contributed by atoms with van der Waals surface area (Å²) in [4.78, 5) is 35.5. The summed E-state index contributed by atoms with van der Waals surface area (Å²) in [5.41, 5.74) is 0.587. The van der Waals surface area contributed by atoms with Crippen LogP contribution in [0.3, 0.4) is 0 Å². The number of nitrogens with zero attached hydrogens (tertiary/aromatic N) is 1. The lowest BCUT2D eigenvalue weighted by molar-refractivity contribution is -0.137. The number of urea groups is 1. The molecule has 5 heteroatoms. The SMILES string of the molecule is CN1C(=O)NC(=O)[C@H](c2ccccc2)C1=O. The third-order valence-corrected chi connectivity index (χ3v) is 2.51. The Bertz CT molecular complexity index is 456. The van der Waals surface area contributed by atoms with Crippen LogP contribution in [0, 0.1) is 0 Å². The van der Waals surface area contributed by atoms with E-state index in [4.69, 9.17) is 0 Å². The number of hydrogen-bond donors (Lipinski definition) is 1. The van der Waals surface area contributed by atoms with Gasteiger partial charge in [0.1, 0.15) is 5.92 Å². The van der Waals surface area contributed by atoms with Crippen molar-refractivity contribution in [3.63, 3.8) is 0 Å². The van der Waals surface area contributed by atoms with Crippen LogP contribution in [-0.2, 0) is 9.59 Å². The van der Waals surface area contributed by atoms with Gasteiger partial charge in [0.25, 0.3) is 0 Å². The van der Waals surface area contributed by atoms with Crippen LogP contribution >= 0.6 is 0 Å². The molecule has 82 valence electrons.